The Morgan fingerprint density at radius 2 is 1.95 bits per heavy atom. The number of anilines is 2. The van der Waals surface area contributed by atoms with Crippen molar-refractivity contribution in [3.63, 3.8) is 0 Å². The van der Waals surface area contributed by atoms with Crippen LogP contribution in [0.4, 0.5) is 11.5 Å². The molecule has 0 saturated carbocycles. The summed E-state index contributed by atoms with van der Waals surface area (Å²) in [4.78, 5) is 16.0. The SMILES string of the molecule is CN1C2CCC1(C#Cc1cc3nc(-c4ccc(OCc5ccccn5)c(Cl)c4)nc(N)c3cc1N)CC2. The molecule has 2 aliphatic rings. The Balaban J connectivity index is 1.30. The van der Waals surface area contributed by atoms with Crippen LogP contribution in [0.25, 0.3) is 22.3 Å². The van der Waals surface area contributed by atoms with Gasteiger partial charge in [-0.15, -0.1) is 0 Å². The monoisotopic (exact) mass is 510 g/mol. The van der Waals surface area contributed by atoms with Gasteiger partial charge in [0.05, 0.1) is 21.8 Å². The minimum Gasteiger partial charge on any atom is -0.486 e. The molecule has 7 nitrogen and oxygen atoms in total. The smallest absolute Gasteiger partial charge is 0.162 e. The fourth-order valence-corrected chi connectivity index (χ4v) is 5.65. The van der Waals surface area contributed by atoms with E-state index >= 15 is 0 Å². The number of hydrogen-bond donors (Lipinski definition) is 2. The largest absolute Gasteiger partial charge is 0.486 e. The minimum absolute atomic E-state index is 0.0426. The number of nitrogen functional groups attached to an aromatic ring is 2. The van der Waals surface area contributed by atoms with Gasteiger partial charge in [-0.2, -0.15) is 0 Å². The van der Waals surface area contributed by atoms with E-state index < -0.39 is 0 Å². The lowest BCUT2D eigenvalue weighted by Crippen LogP contribution is -2.36. The van der Waals surface area contributed by atoms with Crippen molar-refractivity contribution in [1.29, 1.82) is 0 Å². The second kappa shape index (κ2) is 9.22. The number of rotatable bonds is 4. The quantitative estimate of drug-likeness (QED) is 0.292. The van der Waals surface area contributed by atoms with E-state index in [0.717, 1.165) is 29.7 Å². The molecule has 4 N–H and O–H groups in total. The van der Waals surface area contributed by atoms with E-state index in [2.05, 4.69) is 33.8 Å². The van der Waals surface area contributed by atoms with Crippen LogP contribution in [-0.4, -0.2) is 38.5 Å². The van der Waals surface area contributed by atoms with E-state index in [1.807, 2.05) is 36.4 Å². The van der Waals surface area contributed by atoms with Gasteiger partial charge >= 0.3 is 0 Å². The lowest BCUT2D eigenvalue weighted by Gasteiger charge is -2.25. The summed E-state index contributed by atoms with van der Waals surface area (Å²) in [6.45, 7) is 0.322. The Morgan fingerprint density at radius 3 is 2.65 bits per heavy atom. The highest BCUT2D eigenvalue weighted by molar-refractivity contribution is 6.32. The molecular formula is C29H27ClN6O. The molecule has 2 fully saturated rings. The molecule has 0 amide bonds. The molecule has 4 heterocycles. The zero-order valence-corrected chi connectivity index (χ0v) is 21.3. The summed E-state index contributed by atoms with van der Waals surface area (Å²) in [5.74, 6) is 8.28. The Bertz CT molecular complexity index is 1550. The second-order valence-corrected chi connectivity index (χ2v) is 10.2. The van der Waals surface area contributed by atoms with E-state index in [-0.39, 0.29) is 5.54 Å². The minimum atomic E-state index is -0.0426. The van der Waals surface area contributed by atoms with Crippen molar-refractivity contribution < 1.29 is 4.74 Å². The van der Waals surface area contributed by atoms with Crippen LogP contribution >= 0.6 is 11.6 Å². The van der Waals surface area contributed by atoms with Crippen molar-refractivity contribution in [2.45, 2.75) is 43.9 Å². The maximum atomic E-state index is 6.52. The van der Waals surface area contributed by atoms with Crippen LogP contribution in [0.2, 0.25) is 5.02 Å². The summed E-state index contributed by atoms with van der Waals surface area (Å²) in [5, 5.41) is 1.15. The lowest BCUT2D eigenvalue weighted by molar-refractivity contribution is 0.257. The molecule has 0 aliphatic carbocycles. The molecule has 2 aromatic heterocycles. The van der Waals surface area contributed by atoms with Crippen molar-refractivity contribution in [3.05, 3.63) is 71.0 Å². The zero-order chi connectivity index (χ0) is 25.6. The van der Waals surface area contributed by atoms with Crippen LogP contribution in [0.3, 0.4) is 0 Å². The number of benzene rings is 2. The van der Waals surface area contributed by atoms with Gasteiger partial charge in [0.1, 0.15) is 18.2 Å². The van der Waals surface area contributed by atoms with Crippen molar-refractivity contribution in [2.75, 3.05) is 18.5 Å². The number of aromatic nitrogens is 3. The van der Waals surface area contributed by atoms with Gasteiger partial charge in [0.15, 0.2) is 5.82 Å². The topological polar surface area (TPSA) is 103 Å². The maximum absolute atomic E-state index is 6.52. The second-order valence-electron chi connectivity index (χ2n) is 9.77. The third-order valence-electron chi connectivity index (χ3n) is 7.62. The van der Waals surface area contributed by atoms with E-state index in [1.165, 1.54) is 12.8 Å². The molecule has 2 aliphatic heterocycles. The van der Waals surface area contributed by atoms with Crippen molar-refractivity contribution >= 4 is 34.0 Å². The number of nitrogens with two attached hydrogens (primary N) is 2. The van der Waals surface area contributed by atoms with Crippen molar-refractivity contribution in [2.24, 2.45) is 0 Å². The molecule has 0 radical (unpaired) electrons. The highest BCUT2D eigenvalue weighted by Gasteiger charge is 2.48. The molecule has 8 heteroatoms. The molecule has 2 aromatic carbocycles. The number of ether oxygens (including phenoxy) is 1. The molecule has 0 unspecified atom stereocenters. The molecule has 37 heavy (non-hydrogen) atoms. The Kier molecular flexibility index (Phi) is 5.86. The third-order valence-corrected chi connectivity index (χ3v) is 7.92. The summed E-state index contributed by atoms with van der Waals surface area (Å²) in [5.41, 5.74) is 16.2. The molecule has 2 bridgehead atoms. The molecule has 0 spiro atoms. The fourth-order valence-electron chi connectivity index (χ4n) is 5.41. The van der Waals surface area contributed by atoms with Crippen LogP contribution < -0.4 is 16.2 Å². The normalized spacial score (nSPS) is 20.6. The predicted octanol–water partition coefficient (Wildman–Crippen LogP) is 5.07. The number of pyridine rings is 1. The maximum Gasteiger partial charge on any atom is 0.162 e. The van der Waals surface area contributed by atoms with Crippen LogP contribution in [-0.2, 0) is 6.61 Å². The van der Waals surface area contributed by atoms with E-state index in [4.69, 9.17) is 32.8 Å². The van der Waals surface area contributed by atoms with Crippen molar-refractivity contribution in [3.8, 4) is 29.0 Å². The first kappa shape index (κ1) is 23.5. The predicted molar refractivity (Wildman–Crippen MR) is 147 cm³/mol. The highest BCUT2D eigenvalue weighted by Crippen LogP contribution is 2.44. The van der Waals surface area contributed by atoms with Gasteiger partial charge in [-0.25, -0.2) is 9.97 Å². The summed E-state index contributed by atoms with van der Waals surface area (Å²) in [6, 6.07) is 15.5. The number of hydrogen-bond acceptors (Lipinski definition) is 7. The summed E-state index contributed by atoms with van der Waals surface area (Å²) in [7, 11) is 2.18. The van der Waals surface area contributed by atoms with Crippen LogP contribution in [0, 0.1) is 11.8 Å². The zero-order valence-electron chi connectivity index (χ0n) is 20.5. The molecule has 2 saturated heterocycles. The van der Waals surface area contributed by atoms with Crippen LogP contribution in [0.1, 0.15) is 36.9 Å². The van der Waals surface area contributed by atoms with Gasteiger partial charge in [-0.05, 0) is 75.2 Å². The van der Waals surface area contributed by atoms with E-state index in [1.54, 1.807) is 18.3 Å². The third kappa shape index (κ3) is 4.33. The van der Waals surface area contributed by atoms with Crippen molar-refractivity contribution in [1.82, 2.24) is 19.9 Å². The highest BCUT2D eigenvalue weighted by atomic mass is 35.5. The van der Waals surface area contributed by atoms with Gasteiger partial charge < -0.3 is 16.2 Å². The van der Waals surface area contributed by atoms with Gasteiger partial charge in [0, 0.05) is 34.4 Å². The number of halogens is 1. The fraction of sp³-hybridized carbons (Fsp3) is 0.276. The summed E-state index contributed by atoms with van der Waals surface area (Å²) >= 11 is 6.52. The van der Waals surface area contributed by atoms with Gasteiger partial charge in [0.2, 0.25) is 0 Å². The Morgan fingerprint density at radius 1 is 1.11 bits per heavy atom. The van der Waals surface area contributed by atoms with Crippen LogP contribution in [0.5, 0.6) is 5.75 Å². The molecule has 0 atom stereocenters. The summed E-state index contributed by atoms with van der Waals surface area (Å²) in [6.07, 6.45) is 6.36. The Labute approximate surface area is 220 Å². The van der Waals surface area contributed by atoms with Gasteiger partial charge in [0.25, 0.3) is 0 Å². The first-order valence-electron chi connectivity index (χ1n) is 12.4. The Hall–Kier alpha value is -3.86. The van der Waals surface area contributed by atoms with Gasteiger partial charge in [-0.1, -0.05) is 29.5 Å². The molecule has 4 aromatic rings. The van der Waals surface area contributed by atoms with E-state index in [0.29, 0.717) is 51.7 Å². The molecule has 186 valence electrons. The average molecular weight is 511 g/mol. The standard InChI is InChI=1S/C29H27ClN6O/c1-36-21-8-11-29(36,12-9-21)10-7-18-15-25-22(16-24(18)31)27(32)35-28(34-25)19-5-6-26(23(30)14-19)37-17-20-4-2-3-13-33-20/h2-6,13-16,21H,8-9,11-12,17,31H2,1H3,(H2,32,34,35). The number of nitrogens with zero attached hydrogens (tertiary/aromatic N) is 4. The molecular weight excluding hydrogens is 484 g/mol. The van der Waals surface area contributed by atoms with Crippen LogP contribution in [0.15, 0.2) is 54.7 Å². The average Bonchev–Trinajstić information content (AvgIpc) is 3.39. The first-order valence-corrected chi connectivity index (χ1v) is 12.8. The number of fused-ring (bicyclic) bond motifs is 3. The van der Waals surface area contributed by atoms with Gasteiger partial charge in [-0.3, -0.25) is 9.88 Å². The molecule has 6 rings (SSSR count). The first-order chi connectivity index (χ1) is 17.9. The summed E-state index contributed by atoms with van der Waals surface area (Å²) < 4.78 is 5.84. The lowest BCUT2D eigenvalue weighted by atomic mass is 9.88. The van der Waals surface area contributed by atoms with E-state index in [9.17, 15) is 0 Å².